The number of aldehydes is 1. The first-order valence-corrected chi connectivity index (χ1v) is 9.94. The van der Waals surface area contributed by atoms with Gasteiger partial charge < -0.3 is 5.32 Å². The van der Waals surface area contributed by atoms with Crippen LogP contribution in [0, 0.1) is 18.8 Å². The molecule has 0 aliphatic carbocycles. The highest BCUT2D eigenvalue weighted by atomic mass is 32.1. The van der Waals surface area contributed by atoms with Crippen molar-refractivity contribution in [3.05, 3.63) is 51.7 Å². The molecule has 1 N–H and O–H groups in total. The summed E-state index contributed by atoms with van der Waals surface area (Å²) in [5.41, 5.74) is 1.81. The van der Waals surface area contributed by atoms with Crippen LogP contribution in [0.25, 0.3) is 0 Å². The average Bonchev–Trinajstić information content (AvgIpc) is 3.05. The number of unbranched alkanes of at least 4 members (excludes halogenated alkanes) is 6. The summed E-state index contributed by atoms with van der Waals surface area (Å²) >= 11 is 1.77. The van der Waals surface area contributed by atoms with Gasteiger partial charge in [-0.2, -0.15) is 0 Å². The summed E-state index contributed by atoms with van der Waals surface area (Å²) in [5, 5.41) is 3.40. The van der Waals surface area contributed by atoms with Gasteiger partial charge in [0.15, 0.2) is 0 Å². The topological polar surface area (TPSA) is 29.1 Å². The number of hydrogen-bond donors (Lipinski definition) is 1. The number of anilines is 1. The molecule has 0 saturated carbocycles. The van der Waals surface area contributed by atoms with E-state index in [4.69, 9.17) is 0 Å². The van der Waals surface area contributed by atoms with E-state index in [0.29, 0.717) is 0 Å². The van der Waals surface area contributed by atoms with Crippen molar-refractivity contribution < 1.29 is 4.79 Å². The molecule has 0 spiro atoms. The minimum Gasteiger partial charge on any atom is -0.385 e. The number of nitrogens with one attached hydrogen (secondary N) is 1. The number of rotatable bonds is 10. The van der Waals surface area contributed by atoms with Crippen LogP contribution < -0.4 is 5.32 Å². The summed E-state index contributed by atoms with van der Waals surface area (Å²) < 4.78 is 0. The Kier molecular flexibility index (Phi) is 8.86. The van der Waals surface area contributed by atoms with Gasteiger partial charge in [-0.15, -0.1) is 11.3 Å². The lowest BCUT2D eigenvalue weighted by Crippen LogP contribution is -2.01. The predicted molar refractivity (Wildman–Crippen MR) is 109 cm³/mol. The second kappa shape index (κ2) is 11.5. The summed E-state index contributed by atoms with van der Waals surface area (Å²) in [7, 11) is 0. The van der Waals surface area contributed by atoms with E-state index in [2.05, 4.69) is 36.2 Å². The van der Waals surface area contributed by atoms with Gasteiger partial charge in [-0.05, 0) is 56.2 Å². The van der Waals surface area contributed by atoms with Gasteiger partial charge in [0.05, 0.1) is 4.88 Å². The van der Waals surface area contributed by atoms with Crippen molar-refractivity contribution in [2.24, 2.45) is 0 Å². The maximum Gasteiger partial charge on any atom is 0.150 e. The molecular weight excluding hydrogens is 326 g/mol. The quantitative estimate of drug-likeness (QED) is 0.319. The smallest absolute Gasteiger partial charge is 0.150 e. The third-order valence-electron chi connectivity index (χ3n) is 4.06. The lowest BCUT2D eigenvalue weighted by atomic mass is 10.1. The summed E-state index contributed by atoms with van der Waals surface area (Å²) in [4.78, 5) is 13.1. The molecular formula is C22H27NOS. The molecule has 2 aromatic rings. The van der Waals surface area contributed by atoms with Gasteiger partial charge in [-0.3, -0.25) is 4.79 Å². The van der Waals surface area contributed by atoms with E-state index in [9.17, 15) is 4.79 Å². The molecule has 0 bridgehead atoms. The fourth-order valence-electron chi connectivity index (χ4n) is 2.61. The zero-order valence-electron chi connectivity index (χ0n) is 15.0. The molecule has 1 heterocycles. The monoisotopic (exact) mass is 353 g/mol. The molecule has 0 fully saturated rings. The standard InChI is InChI=1S/C22H27NOS/c1-19-11-16-22(25-19)10-8-6-4-2-3-5-7-9-17-23-21-14-12-20(18-24)13-15-21/h11-16,18,23H,2-7,9,17H2,1H3. The van der Waals surface area contributed by atoms with E-state index in [1.165, 1.54) is 48.3 Å². The maximum absolute atomic E-state index is 10.6. The van der Waals surface area contributed by atoms with Crippen LogP contribution in [-0.4, -0.2) is 12.8 Å². The van der Waals surface area contributed by atoms with Crippen LogP contribution in [0.3, 0.4) is 0 Å². The highest BCUT2D eigenvalue weighted by Crippen LogP contribution is 2.14. The molecule has 0 radical (unpaired) electrons. The summed E-state index contributed by atoms with van der Waals surface area (Å²) in [5.74, 6) is 6.53. The SMILES string of the molecule is Cc1ccc(C#CCCCCCCCCNc2ccc(C=O)cc2)s1. The average molecular weight is 354 g/mol. The Morgan fingerprint density at radius 3 is 2.36 bits per heavy atom. The summed E-state index contributed by atoms with van der Waals surface area (Å²) in [6.07, 6.45) is 9.41. The van der Waals surface area contributed by atoms with E-state index < -0.39 is 0 Å². The van der Waals surface area contributed by atoms with Crippen molar-refractivity contribution in [3.8, 4) is 11.8 Å². The molecule has 1 aromatic carbocycles. The fourth-order valence-corrected chi connectivity index (χ4v) is 3.35. The highest BCUT2D eigenvalue weighted by molar-refractivity contribution is 7.12. The van der Waals surface area contributed by atoms with Gasteiger partial charge in [0, 0.05) is 29.1 Å². The fraction of sp³-hybridized carbons (Fsp3) is 0.409. The van der Waals surface area contributed by atoms with Gasteiger partial charge in [0.25, 0.3) is 0 Å². The Labute approximate surface area is 155 Å². The number of carbonyl (C=O) groups excluding carboxylic acids is 1. The van der Waals surface area contributed by atoms with Gasteiger partial charge in [0.2, 0.25) is 0 Å². The zero-order valence-corrected chi connectivity index (χ0v) is 15.8. The van der Waals surface area contributed by atoms with Crippen molar-refractivity contribution in [2.75, 3.05) is 11.9 Å². The molecule has 0 amide bonds. The third kappa shape index (κ3) is 8.05. The number of hydrogen-bond acceptors (Lipinski definition) is 3. The molecule has 1 aromatic heterocycles. The van der Waals surface area contributed by atoms with Crippen LogP contribution >= 0.6 is 11.3 Å². The Morgan fingerprint density at radius 1 is 0.960 bits per heavy atom. The largest absolute Gasteiger partial charge is 0.385 e. The molecule has 132 valence electrons. The predicted octanol–water partition coefficient (Wildman–Crippen LogP) is 6.06. The van der Waals surface area contributed by atoms with Gasteiger partial charge in [-0.25, -0.2) is 0 Å². The van der Waals surface area contributed by atoms with Crippen molar-refractivity contribution in [1.82, 2.24) is 0 Å². The van der Waals surface area contributed by atoms with Crippen molar-refractivity contribution in [1.29, 1.82) is 0 Å². The minimum atomic E-state index is 0.723. The summed E-state index contributed by atoms with van der Waals surface area (Å²) in [6.45, 7) is 3.11. The first kappa shape index (κ1) is 19.3. The van der Waals surface area contributed by atoms with Crippen LogP contribution in [0.5, 0.6) is 0 Å². The third-order valence-corrected chi connectivity index (χ3v) is 4.97. The molecule has 25 heavy (non-hydrogen) atoms. The molecule has 0 unspecified atom stereocenters. The van der Waals surface area contributed by atoms with Gasteiger partial charge >= 0.3 is 0 Å². The van der Waals surface area contributed by atoms with Crippen molar-refractivity contribution >= 4 is 23.3 Å². The van der Waals surface area contributed by atoms with Crippen LogP contribution in [0.1, 0.15) is 65.1 Å². The van der Waals surface area contributed by atoms with Crippen molar-refractivity contribution in [3.63, 3.8) is 0 Å². The normalized spacial score (nSPS) is 10.1. The Balaban J connectivity index is 1.43. The molecule has 0 saturated heterocycles. The molecule has 0 aliphatic heterocycles. The lowest BCUT2D eigenvalue weighted by molar-refractivity contribution is 0.112. The lowest BCUT2D eigenvalue weighted by Gasteiger charge is -2.06. The minimum absolute atomic E-state index is 0.723. The summed E-state index contributed by atoms with van der Waals surface area (Å²) in [6, 6.07) is 11.8. The highest BCUT2D eigenvalue weighted by Gasteiger charge is 1.94. The maximum atomic E-state index is 10.6. The first-order valence-electron chi connectivity index (χ1n) is 9.12. The Morgan fingerprint density at radius 2 is 1.68 bits per heavy atom. The van der Waals surface area contributed by atoms with E-state index in [-0.39, 0.29) is 0 Å². The van der Waals surface area contributed by atoms with Gasteiger partial charge in [-0.1, -0.05) is 37.5 Å². The van der Waals surface area contributed by atoms with Gasteiger partial charge in [0.1, 0.15) is 6.29 Å². The molecule has 2 nitrogen and oxygen atoms in total. The van der Waals surface area contributed by atoms with Crippen LogP contribution in [0.15, 0.2) is 36.4 Å². The molecule has 0 atom stereocenters. The zero-order chi connectivity index (χ0) is 17.7. The molecule has 3 heteroatoms. The van der Waals surface area contributed by atoms with Crippen LogP contribution in [0.2, 0.25) is 0 Å². The van der Waals surface area contributed by atoms with Crippen LogP contribution in [0.4, 0.5) is 5.69 Å². The molecule has 2 rings (SSSR count). The van der Waals surface area contributed by atoms with Crippen LogP contribution in [-0.2, 0) is 0 Å². The van der Waals surface area contributed by atoms with Crippen molar-refractivity contribution in [2.45, 2.75) is 51.9 Å². The number of carbonyl (C=O) groups is 1. The van der Waals surface area contributed by atoms with E-state index in [1.54, 1.807) is 11.3 Å². The Bertz CT molecular complexity index is 691. The van der Waals surface area contributed by atoms with E-state index in [1.807, 2.05) is 24.3 Å². The Hall–Kier alpha value is -2.05. The van der Waals surface area contributed by atoms with E-state index in [0.717, 1.165) is 30.5 Å². The number of benzene rings is 1. The first-order chi connectivity index (χ1) is 12.3. The number of thiophene rings is 1. The second-order valence-corrected chi connectivity index (χ2v) is 7.54. The van der Waals surface area contributed by atoms with E-state index >= 15 is 0 Å². The molecule has 0 aliphatic rings. The second-order valence-electron chi connectivity index (χ2n) is 6.25. The number of aryl methyl sites for hydroxylation is 1.